The van der Waals surface area contributed by atoms with Crippen molar-refractivity contribution in [3.05, 3.63) is 65.7 Å². The number of hydrogen-bond acceptors (Lipinski definition) is 2. The summed E-state index contributed by atoms with van der Waals surface area (Å²) in [7, 11) is 1.72. The van der Waals surface area contributed by atoms with Crippen molar-refractivity contribution in [1.82, 2.24) is 5.32 Å². The first-order valence-corrected chi connectivity index (χ1v) is 7.21. The maximum atomic E-state index is 5.40. The first-order valence-electron chi connectivity index (χ1n) is 7.21. The molecule has 1 atom stereocenters. The smallest absolute Gasteiger partial charge is 0.123 e. The summed E-state index contributed by atoms with van der Waals surface area (Å²) in [6.07, 6.45) is 2.26. The Labute approximate surface area is 121 Å². The maximum Gasteiger partial charge on any atom is 0.123 e. The normalized spacial score (nSPS) is 12.1. The second-order valence-electron chi connectivity index (χ2n) is 5.01. The molecular formula is C18H23NO. The van der Waals surface area contributed by atoms with E-state index in [1.165, 1.54) is 11.1 Å². The fraction of sp³-hybridized carbons (Fsp3) is 0.333. The molecule has 0 aromatic heterocycles. The van der Waals surface area contributed by atoms with E-state index in [-0.39, 0.29) is 0 Å². The number of hydrogen-bond donors (Lipinski definition) is 1. The monoisotopic (exact) mass is 269 g/mol. The van der Waals surface area contributed by atoms with Gasteiger partial charge >= 0.3 is 0 Å². The molecule has 1 unspecified atom stereocenters. The minimum Gasteiger partial charge on any atom is -0.496 e. The van der Waals surface area contributed by atoms with Crippen molar-refractivity contribution in [1.29, 1.82) is 0 Å². The Hall–Kier alpha value is -1.80. The Kier molecular flexibility index (Phi) is 5.63. The number of rotatable bonds is 7. The molecule has 0 spiro atoms. The van der Waals surface area contributed by atoms with Crippen molar-refractivity contribution in [3.63, 3.8) is 0 Å². The topological polar surface area (TPSA) is 21.3 Å². The molecule has 0 fully saturated rings. The Morgan fingerprint density at radius 2 is 1.70 bits per heavy atom. The van der Waals surface area contributed by atoms with Gasteiger partial charge in [-0.25, -0.2) is 0 Å². The SMILES string of the molecule is COc1ccccc1C(C)NCCCc1ccccc1. The highest BCUT2D eigenvalue weighted by atomic mass is 16.5. The zero-order valence-electron chi connectivity index (χ0n) is 12.3. The van der Waals surface area contributed by atoms with Crippen LogP contribution in [0.15, 0.2) is 54.6 Å². The summed E-state index contributed by atoms with van der Waals surface area (Å²) in [6, 6.07) is 19.1. The van der Waals surface area contributed by atoms with Gasteiger partial charge in [-0.15, -0.1) is 0 Å². The van der Waals surface area contributed by atoms with Crippen LogP contribution in [-0.4, -0.2) is 13.7 Å². The summed E-state index contributed by atoms with van der Waals surface area (Å²) in [6.45, 7) is 3.19. The first-order chi connectivity index (χ1) is 9.81. The summed E-state index contributed by atoms with van der Waals surface area (Å²) >= 11 is 0. The predicted molar refractivity (Wildman–Crippen MR) is 84.2 cm³/mol. The molecule has 0 aliphatic heterocycles. The quantitative estimate of drug-likeness (QED) is 0.768. The van der Waals surface area contributed by atoms with Crippen LogP contribution >= 0.6 is 0 Å². The highest BCUT2D eigenvalue weighted by molar-refractivity contribution is 5.35. The summed E-state index contributed by atoms with van der Waals surface area (Å²) < 4.78 is 5.40. The van der Waals surface area contributed by atoms with E-state index in [2.05, 4.69) is 54.7 Å². The van der Waals surface area contributed by atoms with E-state index in [4.69, 9.17) is 4.74 Å². The number of ether oxygens (including phenoxy) is 1. The molecule has 0 aliphatic carbocycles. The van der Waals surface area contributed by atoms with Gasteiger partial charge in [0.15, 0.2) is 0 Å². The van der Waals surface area contributed by atoms with Crippen LogP contribution in [0.1, 0.15) is 30.5 Å². The predicted octanol–water partition coefficient (Wildman–Crippen LogP) is 3.98. The molecule has 2 rings (SSSR count). The zero-order chi connectivity index (χ0) is 14.2. The van der Waals surface area contributed by atoms with Crippen molar-refractivity contribution in [2.75, 3.05) is 13.7 Å². The molecule has 2 nitrogen and oxygen atoms in total. The van der Waals surface area contributed by atoms with Crippen LogP contribution in [0.3, 0.4) is 0 Å². The number of para-hydroxylation sites is 1. The van der Waals surface area contributed by atoms with Gasteiger partial charge in [0.2, 0.25) is 0 Å². The fourth-order valence-corrected chi connectivity index (χ4v) is 2.39. The number of methoxy groups -OCH3 is 1. The standard InChI is InChI=1S/C18H23NO/c1-15(17-12-6-7-13-18(17)20-2)19-14-8-11-16-9-4-3-5-10-16/h3-7,9-10,12-13,15,19H,8,11,14H2,1-2H3. The molecule has 106 valence electrons. The summed E-state index contributed by atoms with van der Waals surface area (Å²) in [5.74, 6) is 0.954. The number of benzene rings is 2. The molecule has 0 amide bonds. The molecule has 2 heteroatoms. The van der Waals surface area contributed by atoms with Crippen LogP contribution < -0.4 is 10.1 Å². The van der Waals surface area contributed by atoms with Gasteiger partial charge < -0.3 is 10.1 Å². The van der Waals surface area contributed by atoms with Crippen LogP contribution in [0.4, 0.5) is 0 Å². The van der Waals surface area contributed by atoms with Gasteiger partial charge in [-0.05, 0) is 37.9 Å². The lowest BCUT2D eigenvalue weighted by Gasteiger charge is -2.17. The minimum absolute atomic E-state index is 0.307. The molecule has 2 aromatic rings. The van der Waals surface area contributed by atoms with Gasteiger partial charge in [0.25, 0.3) is 0 Å². The van der Waals surface area contributed by atoms with E-state index in [1.54, 1.807) is 7.11 Å². The van der Waals surface area contributed by atoms with Gasteiger partial charge in [0.1, 0.15) is 5.75 Å². The minimum atomic E-state index is 0.307. The van der Waals surface area contributed by atoms with Crippen LogP contribution in [0, 0.1) is 0 Å². The molecule has 0 heterocycles. The van der Waals surface area contributed by atoms with E-state index in [0.717, 1.165) is 25.1 Å². The Morgan fingerprint density at radius 1 is 1.00 bits per heavy atom. The second kappa shape index (κ2) is 7.71. The third-order valence-electron chi connectivity index (χ3n) is 3.54. The van der Waals surface area contributed by atoms with Crippen LogP contribution in [0.5, 0.6) is 5.75 Å². The second-order valence-corrected chi connectivity index (χ2v) is 5.01. The average molecular weight is 269 g/mol. The third kappa shape index (κ3) is 4.10. The van der Waals surface area contributed by atoms with Gasteiger partial charge in [-0.1, -0.05) is 48.5 Å². The summed E-state index contributed by atoms with van der Waals surface area (Å²) in [5.41, 5.74) is 2.62. The molecule has 2 aromatic carbocycles. The van der Waals surface area contributed by atoms with E-state index in [0.29, 0.717) is 6.04 Å². The van der Waals surface area contributed by atoms with Crippen molar-refractivity contribution in [3.8, 4) is 5.75 Å². The van der Waals surface area contributed by atoms with Crippen LogP contribution in [-0.2, 0) is 6.42 Å². The van der Waals surface area contributed by atoms with Gasteiger partial charge in [0, 0.05) is 11.6 Å². The van der Waals surface area contributed by atoms with Crippen molar-refractivity contribution >= 4 is 0 Å². The third-order valence-corrected chi connectivity index (χ3v) is 3.54. The largest absolute Gasteiger partial charge is 0.496 e. The van der Waals surface area contributed by atoms with Crippen molar-refractivity contribution in [2.45, 2.75) is 25.8 Å². The van der Waals surface area contributed by atoms with Crippen LogP contribution in [0.25, 0.3) is 0 Å². The van der Waals surface area contributed by atoms with Crippen molar-refractivity contribution in [2.24, 2.45) is 0 Å². The first kappa shape index (κ1) is 14.6. The number of aryl methyl sites for hydroxylation is 1. The Balaban J connectivity index is 1.79. The lowest BCUT2D eigenvalue weighted by molar-refractivity contribution is 0.401. The maximum absolute atomic E-state index is 5.40. The van der Waals surface area contributed by atoms with Gasteiger partial charge in [-0.3, -0.25) is 0 Å². The van der Waals surface area contributed by atoms with E-state index in [1.807, 2.05) is 12.1 Å². The van der Waals surface area contributed by atoms with E-state index < -0.39 is 0 Å². The fourth-order valence-electron chi connectivity index (χ4n) is 2.39. The van der Waals surface area contributed by atoms with Gasteiger partial charge in [-0.2, -0.15) is 0 Å². The molecule has 1 N–H and O–H groups in total. The molecular weight excluding hydrogens is 246 g/mol. The lowest BCUT2D eigenvalue weighted by Crippen LogP contribution is -2.20. The van der Waals surface area contributed by atoms with E-state index >= 15 is 0 Å². The molecule has 0 saturated carbocycles. The van der Waals surface area contributed by atoms with E-state index in [9.17, 15) is 0 Å². The molecule has 0 radical (unpaired) electrons. The molecule has 20 heavy (non-hydrogen) atoms. The lowest BCUT2D eigenvalue weighted by atomic mass is 10.1. The molecule has 0 aliphatic rings. The van der Waals surface area contributed by atoms with Crippen molar-refractivity contribution < 1.29 is 4.74 Å². The number of nitrogens with one attached hydrogen (secondary N) is 1. The van der Waals surface area contributed by atoms with Crippen LogP contribution in [0.2, 0.25) is 0 Å². The average Bonchev–Trinajstić information content (AvgIpc) is 2.52. The highest BCUT2D eigenvalue weighted by Crippen LogP contribution is 2.24. The zero-order valence-corrected chi connectivity index (χ0v) is 12.3. The summed E-state index contributed by atoms with van der Waals surface area (Å²) in [4.78, 5) is 0. The highest BCUT2D eigenvalue weighted by Gasteiger charge is 2.09. The Morgan fingerprint density at radius 3 is 2.45 bits per heavy atom. The summed E-state index contributed by atoms with van der Waals surface area (Å²) in [5, 5.41) is 3.56. The molecule has 0 saturated heterocycles. The van der Waals surface area contributed by atoms with Gasteiger partial charge in [0.05, 0.1) is 7.11 Å². The molecule has 0 bridgehead atoms. The Bertz CT molecular complexity index is 510.